The molecule has 4 heterocycles. The van der Waals surface area contributed by atoms with E-state index in [1.807, 2.05) is 36.1 Å². The third-order valence-electron chi connectivity index (χ3n) is 6.75. The predicted molar refractivity (Wildman–Crippen MR) is 160 cm³/mol. The summed E-state index contributed by atoms with van der Waals surface area (Å²) >= 11 is 13.5. The van der Waals surface area contributed by atoms with Crippen LogP contribution < -0.4 is 25.4 Å². The fraction of sp³-hybridized carbons (Fsp3) is 0.321. The van der Waals surface area contributed by atoms with Gasteiger partial charge in [0.1, 0.15) is 23.2 Å². The number of hydrogen-bond donors (Lipinski definition) is 4. The number of ether oxygens (including phenoxy) is 3. The number of aryl methyl sites for hydroxylation is 1. The zero-order valence-corrected chi connectivity index (χ0v) is 24.3. The maximum absolute atomic E-state index is 9.96. The Kier molecular flexibility index (Phi) is 8.81. The van der Waals surface area contributed by atoms with E-state index in [9.17, 15) is 5.11 Å². The molecule has 0 spiro atoms. The Morgan fingerprint density at radius 3 is 2.56 bits per heavy atom. The van der Waals surface area contributed by atoms with Gasteiger partial charge >= 0.3 is 0 Å². The zero-order chi connectivity index (χ0) is 29.1. The van der Waals surface area contributed by atoms with Gasteiger partial charge in [0.25, 0.3) is 0 Å². The molecule has 1 aliphatic rings. The quantitative estimate of drug-likeness (QED) is 0.147. The second kappa shape index (κ2) is 12.5. The first kappa shape index (κ1) is 28.9. The summed E-state index contributed by atoms with van der Waals surface area (Å²) in [6.07, 6.45) is 6.27. The molecule has 0 radical (unpaired) electrons. The number of aliphatic hydroxyl groups excluding tert-OH is 1. The van der Waals surface area contributed by atoms with Gasteiger partial charge in [-0.25, -0.2) is 15.0 Å². The van der Waals surface area contributed by atoms with Crippen LogP contribution in [0.4, 0.5) is 11.8 Å². The number of nitrogens with one attached hydrogen (secondary N) is 3. The lowest BCUT2D eigenvalue weighted by atomic mass is 10.1. The Morgan fingerprint density at radius 2 is 1.90 bits per heavy atom. The number of rotatable bonds is 11. The molecule has 4 aromatic rings. The van der Waals surface area contributed by atoms with E-state index in [-0.39, 0.29) is 12.1 Å². The Hall–Kier alpha value is -3.61. The van der Waals surface area contributed by atoms with Gasteiger partial charge in [-0.1, -0.05) is 29.8 Å². The van der Waals surface area contributed by atoms with Crippen LogP contribution in [0.15, 0.2) is 49.4 Å². The molecule has 4 N–H and O–H groups in total. The smallest absolute Gasteiger partial charge is 0.223 e. The first-order valence-corrected chi connectivity index (χ1v) is 13.6. The van der Waals surface area contributed by atoms with Gasteiger partial charge in [0.2, 0.25) is 5.95 Å². The van der Waals surface area contributed by atoms with E-state index < -0.39 is 6.23 Å². The highest BCUT2D eigenvalue weighted by Gasteiger charge is 2.30. The summed E-state index contributed by atoms with van der Waals surface area (Å²) in [5, 5.41) is 21.1. The van der Waals surface area contributed by atoms with E-state index in [1.165, 1.54) is 20.3 Å². The Labute approximate surface area is 247 Å². The normalized spacial score (nSPS) is 17.4. The van der Waals surface area contributed by atoms with Gasteiger partial charge in [0.05, 0.1) is 55.3 Å². The van der Waals surface area contributed by atoms with Crippen molar-refractivity contribution in [1.82, 2.24) is 24.8 Å². The molecule has 1 aliphatic heterocycles. The number of aliphatic hydroxyl groups is 1. The van der Waals surface area contributed by atoms with E-state index in [4.69, 9.17) is 47.4 Å². The van der Waals surface area contributed by atoms with Crippen LogP contribution in [0.5, 0.6) is 11.5 Å². The summed E-state index contributed by atoms with van der Waals surface area (Å²) in [5.74, 6) is 1.72. The third-order valence-corrected chi connectivity index (χ3v) is 7.50. The topological polar surface area (TPSA) is 128 Å². The van der Waals surface area contributed by atoms with Gasteiger partial charge in [0.15, 0.2) is 5.82 Å². The number of pyridine rings is 1. The molecular formula is C28H31Cl2N7O4. The van der Waals surface area contributed by atoms with Crippen LogP contribution in [0.3, 0.4) is 0 Å². The van der Waals surface area contributed by atoms with Crippen LogP contribution in [-0.2, 0) is 18.3 Å². The van der Waals surface area contributed by atoms with E-state index in [0.717, 1.165) is 5.56 Å². The molecule has 0 aliphatic carbocycles. The molecule has 3 atom stereocenters. The van der Waals surface area contributed by atoms with Crippen molar-refractivity contribution in [2.45, 2.75) is 24.9 Å². The summed E-state index contributed by atoms with van der Waals surface area (Å²) in [5.41, 5.74) is 2.63. The van der Waals surface area contributed by atoms with E-state index in [1.54, 1.807) is 12.3 Å². The van der Waals surface area contributed by atoms with Crippen molar-refractivity contribution >= 4 is 45.9 Å². The average Bonchev–Trinajstić information content (AvgIpc) is 3.59. The van der Waals surface area contributed by atoms with Crippen molar-refractivity contribution in [3.05, 3.63) is 65.1 Å². The monoisotopic (exact) mass is 599 g/mol. The summed E-state index contributed by atoms with van der Waals surface area (Å²) in [7, 11) is 5.01. The minimum atomic E-state index is -0.853. The number of benzene rings is 1. The maximum Gasteiger partial charge on any atom is 0.223 e. The number of halogens is 2. The van der Waals surface area contributed by atoms with Crippen molar-refractivity contribution in [3.63, 3.8) is 0 Å². The fourth-order valence-electron chi connectivity index (χ4n) is 4.64. The zero-order valence-electron chi connectivity index (χ0n) is 22.8. The molecule has 1 saturated heterocycles. The van der Waals surface area contributed by atoms with Crippen LogP contribution in [0, 0.1) is 0 Å². The summed E-state index contributed by atoms with van der Waals surface area (Å²) < 4.78 is 18.5. The van der Waals surface area contributed by atoms with Gasteiger partial charge in [-0.15, -0.1) is 0 Å². The second-order valence-corrected chi connectivity index (χ2v) is 10.3. The van der Waals surface area contributed by atoms with Crippen molar-refractivity contribution < 1.29 is 19.3 Å². The largest absolute Gasteiger partial charge is 0.495 e. The van der Waals surface area contributed by atoms with Gasteiger partial charge in [-0.3, -0.25) is 5.32 Å². The maximum atomic E-state index is 9.96. The third kappa shape index (κ3) is 6.19. The number of fused-ring (bicyclic) bond motifs is 1. The van der Waals surface area contributed by atoms with Crippen LogP contribution in [0.2, 0.25) is 10.0 Å². The molecule has 0 bridgehead atoms. The van der Waals surface area contributed by atoms with Crippen molar-refractivity contribution in [3.8, 4) is 22.8 Å². The van der Waals surface area contributed by atoms with Crippen LogP contribution >= 0.6 is 23.2 Å². The molecule has 1 fully saturated rings. The second-order valence-electron chi connectivity index (χ2n) is 9.55. The summed E-state index contributed by atoms with van der Waals surface area (Å²) in [6, 6.07) is 5.14. The first-order chi connectivity index (χ1) is 19.8. The van der Waals surface area contributed by atoms with E-state index in [2.05, 4.69) is 27.5 Å². The lowest BCUT2D eigenvalue weighted by Gasteiger charge is -2.22. The highest BCUT2D eigenvalue weighted by atomic mass is 35.5. The minimum absolute atomic E-state index is 0.161. The van der Waals surface area contributed by atoms with Gasteiger partial charge in [-0.2, -0.15) is 0 Å². The highest BCUT2D eigenvalue weighted by molar-refractivity contribution is 6.41. The number of anilines is 2. The molecule has 1 aromatic carbocycles. The van der Waals surface area contributed by atoms with Crippen LogP contribution in [0.1, 0.15) is 5.56 Å². The average molecular weight is 601 g/mol. The summed E-state index contributed by atoms with van der Waals surface area (Å²) in [4.78, 5) is 14.3. The first-order valence-electron chi connectivity index (χ1n) is 12.8. The molecular weight excluding hydrogens is 569 g/mol. The molecule has 1 unspecified atom stereocenters. The van der Waals surface area contributed by atoms with Crippen molar-refractivity contribution in [1.29, 1.82) is 0 Å². The lowest BCUT2D eigenvalue weighted by molar-refractivity contribution is 0.149. The molecule has 0 saturated carbocycles. The van der Waals surface area contributed by atoms with Crippen molar-refractivity contribution in [2.75, 3.05) is 38.1 Å². The molecule has 13 heteroatoms. The van der Waals surface area contributed by atoms with Gasteiger partial charge in [0, 0.05) is 49.2 Å². The molecule has 41 heavy (non-hydrogen) atoms. The number of hydrogen-bond acceptors (Lipinski definition) is 10. The Balaban J connectivity index is 1.56. The standard InChI is InChI=1S/C28H31Cl2N7O4/c1-5-22(38)33-18-13-41-14-19(18)35-28-32-11-16-8-17(23-24(29)20(39-3)9-21(40-4)25(23)30)34-27(26(16)36-28)31-10-15-6-7-37(2)12-15/h5-9,11-12,18-19,22,33,38H,1,10,13-14H2,2-4H3,(H,31,34)(H,32,35,36)/t18-,19+,22?/m0/s1. The Morgan fingerprint density at radius 1 is 1.17 bits per heavy atom. The van der Waals surface area contributed by atoms with Gasteiger partial charge in [-0.05, 0) is 23.8 Å². The predicted octanol–water partition coefficient (Wildman–Crippen LogP) is 4.24. The number of methoxy groups -OCH3 is 2. The number of aromatic nitrogens is 4. The minimum Gasteiger partial charge on any atom is -0.495 e. The van der Waals surface area contributed by atoms with Crippen molar-refractivity contribution in [2.24, 2.45) is 7.05 Å². The highest BCUT2D eigenvalue weighted by Crippen LogP contribution is 2.46. The Bertz CT molecular complexity index is 1540. The lowest BCUT2D eigenvalue weighted by Crippen LogP contribution is -2.47. The van der Waals surface area contributed by atoms with Crippen LogP contribution in [0.25, 0.3) is 22.2 Å². The molecule has 3 aromatic heterocycles. The fourth-order valence-corrected chi connectivity index (χ4v) is 5.33. The van der Waals surface area contributed by atoms with E-state index >= 15 is 0 Å². The molecule has 5 rings (SSSR count). The van der Waals surface area contributed by atoms with E-state index in [0.29, 0.717) is 75.2 Å². The van der Waals surface area contributed by atoms with Gasteiger partial charge < -0.3 is 34.5 Å². The molecule has 11 nitrogen and oxygen atoms in total. The SMILES string of the molecule is C=CC(O)N[C@H]1COC[C@H]1Nc1ncc2cc(-c3c(Cl)c(OC)cc(OC)c3Cl)nc(NCc3ccn(C)c3)c2n1. The number of nitrogens with zero attached hydrogens (tertiary/aromatic N) is 4. The van der Waals surface area contributed by atoms with Crippen LogP contribution in [-0.4, -0.2) is 70.4 Å². The molecule has 0 amide bonds. The molecule has 216 valence electrons. The summed E-state index contributed by atoms with van der Waals surface area (Å²) in [6.45, 7) is 4.97.